The number of amides is 1. The number of carboxylic acid groups (broad SMARTS) is 1. The fourth-order valence-electron chi connectivity index (χ4n) is 3.16. The van der Waals surface area contributed by atoms with Gasteiger partial charge in [-0.15, -0.1) is 0 Å². The van der Waals surface area contributed by atoms with Gasteiger partial charge in [-0.25, -0.2) is 0 Å². The molecular weight excluding hydrogens is 286 g/mol. The zero-order valence-electron chi connectivity index (χ0n) is 13.1. The molecule has 4 atom stereocenters. The molecule has 0 aromatic carbocycles. The second-order valence-corrected chi connectivity index (χ2v) is 6.28. The number of rotatable bonds is 6. The standard InChI is InChI=1S/C15H23N3O4/c1-8(2)6-11(17-9(3)19)14-10(13-4-5-16-22-13)7-12(18-14)15(20)21/h4-5,8,10-12,14,18H,6-7H2,1-3H3,(H,17,19)(H,20,21)/t10-,11-,12+,14+/m0/s1. The van der Waals surface area contributed by atoms with Crippen LogP contribution in [-0.2, 0) is 9.59 Å². The lowest BCUT2D eigenvalue weighted by molar-refractivity contribution is -0.139. The Kier molecular flexibility index (Phi) is 5.18. The van der Waals surface area contributed by atoms with Gasteiger partial charge in [0, 0.05) is 31.0 Å². The minimum atomic E-state index is -0.891. The molecule has 122 valence electrons. The van der Waals surface area contributed by atoms with Crippen LogP contribution in [0.1, 0.15) is 45.3 Å². The lowest BCUT2D eigenvalue weighted by atomic mass is 9.87. The molecule has 0 unspecified atom stereocenters. The summed E-state index contributed by atoms with van der Waals surface area (Å²) in [5.41, 5.74) is 0. The highest BCUT2D eigenvalue weighted by atomic mass is 16.5. The van der Waals surface area contributed by atoms with Crippen molar-refractivity contribution in [3.63, 3.8) is 0 Å². The van der Waals surface area contributed by atoms with Crippen LogP contribution in [0.2, 0.25) is 0 Å². The van der Waals surface area contributed by atoms with E-state index in [1.807, 2.05) is 0 Å². The molecule has 2 heterocycles. The van der Waals surface area contributed by atoms with E-state index < -0.39 is 12.0 Å². The van der Waals surface area contributed by atoms with Crippen molar-refractivity contribution in [1.82, 2.24) is 15.8 Å². The van der Waals surface area contributed by atoms with Crippen LogP contribution in [-0.4, -0.2) is 40.3 Å². The van der Waals surface area contributed by atoms with E-state index in [0.717, 1.165) is 6.42 Å². The molecule has 2 rings (SSSR count). The van der Waals surface area contributed by atoms with Gasteiger partial charge in [0.25, 0.3) is 0 Å². The fourth-order valence-corrected chi connectivity index (χ4v) is 3.16. The van der Waals surface area contributed by atoms with E-state index >= 15 is 0 Å². The quantitative estimate of drug-likeness (QED) is 0.727. The fraction of sp³-hybridized carbons (Fsp3) is 0.667. The van der Waals surface area contributed by atoms with E-state index in [1.165, 1.54) is 6.92 Å². The number of hydrogen-bond donors (Lipinski definition) is 3. The van der Waals surface area contributed by atoms with Crippen molar-refractivity contribution in [2.75, 3.05) is 0 Å². The molecule has 0 radical (unpaired) electrons. The minimum Gasteiger partial charge on any atom is -0.480 e. The molecule has 1 aliphatic heterocycles. The van der Waals surface area contributed by atoms with Crippen LogP contribution in [0.5, 0.6) is 0 Å². The highest BCUT2D eigenvalue weighted by Crippen LogP contribution is 2.34. The molecule has 1 amide bonds. The van der Waals surface area contributed by atoms with Crippen LogP contribution < -0.4 is 10.6 Å². The molecular formula is C15H23N3O4. The summed E-state index contributed by atoms with van der Waals surface area (Å²) in [6.07, 6.45) is 2.73. The van der Waals surface area contributed by atoms with Gasteiger partial charge in [-0.05, 0) is 18.8 Å². The Bertz CT molecular complexity index is 515. The number of nitrogens with one attached hydrogen (secondary N) is 2. The Balaban J connectivity index is 2.25. The van der Waals surface area contributed by atoms with Crippen molar-refractivity contribution in [2.24, 2.45) is 5.92 Å². The van der Waals surface area contributed by atoms with Crippen molar-refractivity contribution >= 4 is 11.9 Å². The van der Waals surface area contributed by atoms with Crippen LogP contribution in [0, 0.1) is 5.92 Å². The van der Waals surface area contributed by atoms with Gasteiger partial charge in [0.1, 0.15) is 11.8 Å². The Morgan fingerprint density at radius 2 is 2.27 bits per heavy atom. The van der Waals surface area contributed by atoms with Crippen molar-refractivity contribution < 1.29 is 19.2 Å². The molecule has 0 bridgehead atoms. The maximum atomic E-state index is 11.5. The molecule has 22 heavy (non-hydrogen) atoms. The number of aliphatic carboxylic acids is 1. The van der Waals surface area contributed by atoms with Crippen molar-refractivity contribution in [3.05, 3.63) is 18.0 Å². The highest BCUT2D eigenvalue weighted by Gasteiger charge is 2.43. The number of carbonyl (C=O) groups excluding carboxylic acids is 1. The summed E-state index contributed by atoms with van der Waals surface area (Å²) >= 11 is 0. The number of carbonyl (C=O) groups is 2. The largest absolute Gasteiger partial charge is 0.480 e. The van der Waals surface area contributed by atoms with Gasteiger partial charge in [-0.2, -0.15) is 0 Å². The molecule has 3 N–H and O–H groups in total. The van der Waals surface area contributed by atoms with Gasteiger partial charge in [-0.1, -0.05) is 19.0 Å². The van der Waals surface area contributed by atoms with E-state index in [1.54, 1.807) is 12.3 Å². The van der Waals surface area contributed by atoms with Gasteiger partial charge < -0.3 is 14.9 Å². The first kappa shape index (κ1) is 16.5. The smallest absolute Gasteiger partial charge is 0.320 e. The summed E-state index contributed by atoms with van der Waals surface area (Å²) < 4.78 is 5.24. The lowest BCUT2D eigenvalue weighted by Gasteiger charge is -2.29. The number of hydrogen-bond acceptors (Lipinski definition) is 5. The van der Waals surface area contributed by atoms with E-state index in [-0.39, 0.29) is 23.9 Å². The van der Waals surface area contributed by atoms with Crippen LogP contribution in [0.4, 0.5) is 0 Å². The van der Waals surface area contributed by atoms with E-state index in [0.29, 0.717) is 18.1 Å². The molecule has 1 fully saturated rings. The van der Waals surface area contributed by atoms with Crippen molar-refractivity contribution in [1.29, 1.82) is 0 Å². The monoisotopic (exact) mass is 309 g/mol. The molecule has 7 nitrogen and oxygen atoms in total. The highest BCUT2D eigenvalue weighted by molar-refractivity contribution is 5.75. The zero-order valence-corrected chi connectivity index (χ0v) is 13.1. The maximum Gasteiger partial charge on any atom is 0.320 e. The van der Waals surface area contributed by atoms with Crippen molar-refractivity contribution in [2.45, 2.75) is 57.7 Å². The second-order valence-electron chi connectivity index (χ2n) is 6.28. The second kappa shape index (κ2) is 6.91. The molecule has 0 aliphatic carbocycles. The average molecular weight is 309 g/mol. The molecule has 0 spiro atoms. The maximum absolute atomic E-state index is 11.5. The summed E-state index contributed by atoms with van der Waals surface area (Å²) in [6, 6.07) is 0.755. The summed E-state index contributed by atoms with van der Waals surface area (Å²) in [5, 5.41) is 19.1. The van der Waals surface area contributed by atoms with Gasteiger partial charge in [-0.3, -0.25) is 14.9 Å². The summed E-state index contributed by atoms with van der Waals surface area (Å²) in [4.78, 5) is 22.8. The van der Waals surface area contributed by atoms with Crippen LogP contribution in [0.25, 0.3) is 0 Å². The summed E-state index contributed by atoms with van der Waals surface area (Å²) in [6.45, 7) is 5.62. The Morgan fingerprint density at radius 1 is 1.55 bits per heavy atom. The first-order chi connectivity index (χ1) is 10.4. The molecule has 7 heteroatoms. The van der Waals surface area contributed by atoms with Crippen LogP contribution >= 0.6 is 0 Å². The Hall–Kier alpha value is -1.89. The van der Waals surface area contributed by atoms with Gasteiger partial charge in [0.2, 0.25) is 5.91 Å². The first-order valence-electron chi connectivity index (χ1n) is 7.55. The average Bonchev–Trinajstić information content (AvgIpc) is 3.06. The third-order valence-corrected chi connectivity index (χ3v) is 3.99. The van der Waals surface area contributed by atoms with E-state index in [2.05, 4.69) is 29.6 Å². The van der Waals surface area contributed by atoms with Crippen molar-refractivity contribution in [3.8, 4) is 0 Å². The zero-order chi connectivity index (χ0) is 16.3. The molecule has 1 aliphatic rings. The van der Waals surface area contributed by atoms with Gasteiger partial charge in [0.05, 0.1) is 6.20 Å². The van der Waals surface area contributed by atoms with E-state index in [9.17, 15) is 14.7 Å². The third-order valence-electron chi connectivity index (χ3n) is 3.99. The molecule has 1 saturated heterocycles. The third kappa shape index (κ3) is 3.85. The molecule has 0 saturated carbocycles. The predicted octanol–water partition coefficient (Wildman–Crippen LogP) is 1.12. The number of nitrogens with zero attached hydrogens (tertiary/aromatic N) is 1. The van der Waals surface area contributed by atoms with Gasteiger partial charge >= 0.3 is 5.97 Å². The van der Waals surface area contributed by atoms with E-state index in [4.69, 9.17) is 4.52 Å². The Labute approximate surface area is 129 Å². The number of carboxylic acids is 1. The minimum absolute atomic E-state index is 0.123. The van der Waals surface area contributed by atoms with Gasteiger partial charge in [0.15, 0.2) is 0 Å². The summed E-state index contributed by atoms with van der Waals surface area (Å²) in [5.74, 6) is -0.113. The SMILES string of the molecule is CC(=O)N[C@@H](CC(C)C)[C@@H]1N[C@@H](C(=O)O)C[C@H]1c1ccno1. The van der Waals surface area contributed by atoms with Crippen LogP contribution in [0.15, 0.2) is 16.8 Å². The topological polar surface area (TPSA) is 104 Å². The number of aromatic nitrogens is 1. The Morgan fingerprint density at radius 3 is 2.77 bits per heavy atom. The molecule has 1 aromatic rings. The normalized spacial score (nSPS) is 26.1. The van der Waals surface area contributed by atoms with Crippen LogP contribution in [0.3, 0.4) is 0 Å². The lowest BCUT2D eigenvalue weighted by Crippen LogP contribution is -2.51. The predicted molar refractivity (Wildman–Crippen MR) is 79.3 cm³/mol. The first-order valence-corrected chi connectivity index (χ1v) is 7.55. The summed E-state index contributed by atoms with van der Waals surface area (Å²) in [7, 11) is 0. The molecule has 1 aromatic heterocycles.